The van der Waals surface area contributed by atoms with Gasteiger partial charge in [0.1, 0.15) is 28.9 Å². The lowest BCUT2D eigenvalue weighted by molar-refractivity contribution is -0.155. The van der Waals surface area contributed by atoms with E-state index in [4.69, 9.17) is 33.2 Å². The molecule has 2 fully saturated rings. The number of pyridine rings is 1. The second-order valence-electron chi connectivity index (χ2n) is 23.6. The van der Waals surface area contributed by atoms with Gasteiger partial charge >= 0.3 is 25.3 Å². The summed E-state index contributed by atoms with van der Waals surface area (Å²) in [4.78, 5) is 66.4. The van der Waals surface area contributed by atoms with Crippen LogP contribution in [0.1, 0.15) is 142 Å². The molecule has 8 rings (SSSR count). The highest BCUT2D eigenvalue weighted by Gasteiger charge is 2.52. The molecule has 424 valence electrons. The maximum Gasteiger partial charge on any atom is 0.494 e. The van der Waals surface area contributed by atoms with Crippen LogP contribution in [0.5, 0.6) is 0 Å². The zero-order valence-electron chi connectivity index (χ0n) is 48.0. The van der Waals surface area contributed by atoms with Gasteiger partial charge in [-0.15, -0.1) is 11.3 Å². The second-order valence-corrected chi connectivity index (χ2v) is 25.3. The smallest absolute Gasteiger partial charge is 0.464 e. The van der Waals surface area contributed by atoms with Gasteiger partial charge in [-0.05, 0) is 144 Å². The Morgan fingerprint density at radius 1 is 0.987 bits per heavy atom. The highest BCUT2D eigenvalue weighted by molar-refractivity contribution is 9.10. The van der Waals surface area contributed by atoms with Gasteiger partial charge in [0.2, 0.25) is 0 Å². The van der Waals surface area contributed by atoms with Gasteiger partial charge in [-0.3, -0.25) is 19.6 Å². The van der Waals surface area contributed by atoms with Gasteiger partial charge in [-0.1, -0.05) is 69.3 Å². The average molecular weight is 1170 g/mol. The lowest BCUT2D eigenvalue weighted by Crippen LogP contribution is -2.61. The first-order chi connectivity index (χ1) is 37.3. The third-order valence-corrected chi connectivity index (χ3v) is 17.1. The fourth-order valence-corrected chi connectivity index (χ4v) is 11.6. The maximum absolute atomic E-state index is 14.4. The molecule has 20 heteroatoms. The molecule has 79 heavy (non-hydrogen) atoms. The zero-order chi connectivity index (χ0) is 57.2. The number of aromatic nitrogens is 3. The molecule has 0 unspecified atom stereocenters. The molecule has 17 nitrogen and oxygen atoms in total. The van der Waals surface area contributed by atoms with E-state index in [1.807, 2.05) is 83.5 Å². The summed E-state index contributed by atoms with van der Waals surface area (Å²) in [6.45, 7) is 25.7. The first kappa shape index (κ1) is 59.5. The SMILES string of the molecule is CCn1c(-c2cc(C3=CCN(C(=O)OCc4ccccc4)CC3)cnc2[C@H](C)OC)c(CC(C)(C)COC(=O)[C@@H]2CCCN(C(=O)[C@@H](NC(=O)OC(C)(C)C)[C@H](C)c3nc(Br)cs3)N2)c2cc(B3OC(C)(C)C(C)(C)O3)ccc21. The number of esters is 1. The number of alkyl carbamates (subject to hydrolysis) is 1. The van der Waals surface area contributed by atoms with Crippen molar-refractivity contribution in [2.75, 3.05) is 33.4 Å². The quantitative estimate of drug-likeness (QED) is 0.0510. The Bertz CT molecular complexity index is 3050. The summed E-state index contributed by atoms with van der Waals surface area (Å²) in [6, 6.07) is 16.4. The maximum atomic E-state index is 14.4. The molecule has 0 bridgehead atoms. The second kappa shape index (κ2) is 24.2. The van der Waals surface area contributed by atoms with Crippen molar-refractivity contribution in [1.82, 2.24) is 35.2 Å². The number of rotatable bonds is 17. The van der Waals surface area contributed by atoms with Crippen LogP contribution in [0.3, 0.4) is 0 Å². The Kier molecular flexibility index (Phi) is 18.2. The fourth-order valence-electron chi connectivity index (χ4n) is 10.2. The summed E-state index contributed by atoms with van der Waals surface area (Å²) in [7, 11) is 1.07. The van der Waals surface area contributed by atoms with Crippen molar-refractivity contribution in [3.05, 3.63) is 104 Å². The molecule has 3 amide bonds. The summed E-state index contributed by atoms with van der Waals surface area (Å²) in [5.74, 6) is -1.44. The van der Waals surface area contributed by atoms with Crippen LogP contribution < -0.4 is 16.2 Å². The molecule has 3 aliphatic heterocycles. The van der Waals surface area contributed by atoms with Crippen molar-refractivity contribution in [2.45, 2.75) is 163 Å². The lowest BCUT2D eigenvalue weighted by Gasteiger charge is -2.36. The normalized spacial score (nSPS) is 18.7. The number of carbonyl (C=O) groups is 4. The third kappa shape index (κ3) is 13.8. The molecule has 4 atom stereocenters. The van der Waals surface area contributed by atoms with E-state index in [1.165, 1.54) is 16.3 Å². The molecule has 0 aliphatic carbocycles. The number of nitrogens with one attached hydrogen (secondary N) is 2. The van der Waals surface area contributed by atoms with Crippen molar-refractivity contribution >= 4 is 80.4 Å². The van der Waals surface area contributed by atoms with E-state index in [-0.39, 0.29) is 25.4 Å². The van der Waals surface area contributed by atoms with Crippen LogP contribution in [0.15, 0.2) is 76.9 Å². The van der Waals surface area contributed by atoms with Gasteiger partial charge in [0.25, 0.3) is 5.91 Å². The molecule has 2 aromatic carbocycles. The highest BCUT2D eigenvalue weighted by Crippen LogP contribution is 2.43. The van der Waals surface area contributed by atoms with Gasteiger partial charge in [-0.2, -0.15) is 0 Å². The lowest BCUT2D eigenvalue weighted by atomic mass is 9.77. The number of hydrazine groups is 1. The minimum absolute atomic E-state index is 0.0582. The number of thiazole rings is 1. The number of benzene rings is 2. The van der Waals surface area contributed by atoms with Crippen molar-refractivity contribution < 1.29 is 47.4 Å². The monoisotopic (exact) mass is 1170 g/mol. The number of hydrogen-bond acceptors (Lipinski definition) is 14. The van der Waals surface area contributed by atoms with E-state index < -0.39 is 65.3 Å². The van der Waals surface area contributed by atoms with Crippen LogP contribution in [-0.4, -0.2) is 118 Å². The molecule has 3 aromatic heterocycles. The Morgan fingerprint density at radius 3 is 2.34 bits per heavy atom. The Hall–Kier alpha value is -5.64. The molecule has 2 saturated heterocycles. The minimum Gasteiger partial charge on any atom is -0.464 e. The van der Waals surface area contributed by atoms with E-state index in [0.717, 1.165) is 55.6 Å². The average Bonchev–Trinajstić information content (AvgIpc) is 4.28. The van der Waals surface area contributed by atoms with Crippen LogP contribution in [0.4, 0.5) is 9.59 Å². The fraction of sp³-hybridized carbons (Fsp3) is 0.525. The standard InChI is InChI=1S/C59H77BBrN7O10S/c1-14-67-46-23-22-41(60-77-58(9,10)59(11,12)78-60)30-42(46)44(50(67)43-29-40(32-62-49(43)37(3)73-13)39-24-27-66(28-25-39)55(72)74-33-38-19-16-15-17-20-38)31-57(7,8)35-75-53(70)45-21-18-26-68(65-45)52(69)48(64-54(71)76-56(4,5)6)36(2)51-63-47(61)34-79-51/h15-17,19-20,22-24,29-30,32,34,36-37,45,48,65H,14,18,21,25-28,31,33,35H2,1-13H3,(H,64,71)/t36-,37-,45-,48-/m0/s1. The predicted octanol–water partition coefficient (Wildman–Crippen LogP) is 10.7. The third-order valence-electron chi connectivity index (χ3n) is 15.3. The van der Waals surface area contributed by atoms with Crippen molar-refractivity contribution in [3.8, 4) is 11.3 Å². The van der Waals surface area contributed by atoms with E-state index in [0.29, 0.717) is 61.5 Å². The van der Waals surface area contributed by atoms with Crippen LogP contribution in [0.25, 0.3) is 27.7 Å². The summed E-state index contributed by atoms with van der Waals surface area (Å²) in [5, 5.41) is 7.68. The van der Waals surface area contributed by atoms with Gasteiger partial charge in [-0.25, -0.2) is 20.0 Å². The molecule has 3 aliphatic rings. The summed E-state index contributed by atoms with van der Waals surface area (Å²) in [5.41, 5.74) is 9.11. The van der Waals surface area contributed by atoms with Gasteiger partial charge < -0.3 is 43.0 Å². The van der Waals surface area contributed by atoms with Crippen LogP contribution in [0, 0.1) is 5.41 Å². The Balaban J connectivity index is 1.09. The van der Waals surface area contributed by atoms with Gasteiger partial charge in [0, 0.05) is 72.7 Å². The summed E-state index contributed by atoms with van der Waals surface area (Å²) >= 11 is 4.78. The van der Waals surface area contributed by atoms with E-state index in [1.54, 1.807) is 32.8 Å². The van der Waals surface area contributed by atoms with E-state index >= 15 is 0 Å². The van der Waals surface area contributed by atoms with Crippen LogP contribution in [0.2, 0.25) is 0 Å². The number of ether oxygens (including phenoxy) is 4. The topological polar surface area (TPSA) is 185 Å². The van der Waals surface area contributed by atoms with Crippen LogP contribution in [-0.2, 0) is 57.4 Å². The minimum atomic E-state index is -1.05. The van der Waals surface area contributed by atoms with Crippen molar-refractivity contribution in [3.63, 3.8) is 0 Å². The highest BCUT2D eigenvalue weighted by atomic mass is 79.9. The number of halogens is 1. The van der Waals surface area contributed by atoms with Gasteiger partial charge in [0.15, 0.2) is 0 Å². The summed E-state index contributed by atoms with van der Waals surface area (Å²) < 4.78 is 39.7. The number of hydrogen-bond donors (Lipinski definition) is 2. The largest absolute Gasteiger partial charge is 0.494 e. The molecule has 2 N–H and O–H groups in total. The molecular formula is C59H77BBrN7O10S. The Morgan fingerprint density at radius 2 is 1.71 bits per heavy atom. The first-order valence-electron chi connectivity index (χ1n) is 27.3. The Labute approximate surface area is 477 Å². The van der Waals surface area contributed by atoms with Crippen molar-refractivity contribution in [2.24, 2.45) is 5.41 Å². The molecule has 0 radical (unpaired) electrons. The molecular weight excluding hydrogens is 1090 g/mol. The number of methoxy groups -OCH3 is 1. The molecule has 5 aromatic rings. The zero-order valence-corrected chi connectivity index (χ0v) is 50.4. The number of carbonyl (C=O) groups excluding carboxylic acids is 4. The molecule has 0 spiro atoms. The summed E-state index contributed by atoms with van der Waals surface area (Å²) in [6.07, 6.45) is 4.55. The van der Waals surface area contributed by atoms with Gasteiger partial charge in [0.05, 0.1) is 40.3 Å². The molecule has 6 heterocycles. The number of aryl methyl sites for hydroxylation is 1. The van der Waals surface area contributed by atoms with E-state index in [2.05, 4.69) is 87.3 Å². The predicted molar refractivity (Wildman–Crippen MR) is 310 cm³/mol. The number of nitrogens with zero attached hydrogens (tertiary/aromatic N) is 5. The first-order valence-corrected chi connectivity index (χ1v) is 29.0. The molecule has 0 saturated carbocycles. The van der Waals surface area contributed by atoms with E-state index in [9.17, 15) is 19.2 Å². The van der Waals surface area contributed by atoms with Crippen molar-refractivity contribution in [1.29, 1.82) is 0 Å². The van der Waals surface area contributed by atoms with Crippen LogP contribution >= 0.6 is 27.3 Å². The number of amides is 3. The number of fused-ring (bicyclic) bond motifs is 1.